The third-order valence-corrected chi connectivity index (χ3v) is 5.23. The Labute approximate surface area is 128 Å². The smallest absolute Gasteiger partial charge is 0.230 e. The molecule has 0 aromatic carbocycles. The summed E-state index contributed by atoms with van der Waals surface area (Å²) in [6, 6.07) is 0. The fourth-order valence-corrected chi connectivity index (χ4v) is 3.38. The molecule has 1 fully saturated rings. The summed E-state index contributed by atoms with van der Waals surface area (Å²) in [7, 11) is 3.57. The standard InChI is InChI=1S/C16H31N3O2/c1-5-15(6-2,11-17)13(20)18-12-16(9-7-8-10-16)14(21)19(3)4/h5-12,17H2,1-4H3,(H,18,20). The maximum Gasteiger partial charge on any atom is 0.230 e. The maximum atomic E-state index is 12.5. The van der Waals surface area contributed by atoms with Gasteiger partial charge in [0.2, 0.25) is 11.8 Å². The van der Waals surface area contributed by atoms with Crippen LogP contribution in [0.4, 0.5) is 0 Å². The molecule has 1 saturated carbocycles. The summed E-state index contributed by atoms with van der Waals surface area (Å²) < 4.78 is 0. The second kappa shape index (κ2) is 7.25. The van der Waals surface area contributed by atoms with E-state index >= 15 is 0 Å². The number of rotatable bonds is 7. The zero-order chi connectivity index (χ0) is 16.1. The van der Waals surface area contributed by atoms with Crippen LogP contribution < -0.4 is 11.1 Å². The predicted molar refractivity (Wildman–Crippen MR) is 84.7 cm³/mol. The van der Waals surface area contributed by atoms with Crippen LogP contribution in [0.5, 0.6) is 0 Å². The predicted octanol–water partition coefficient (Wildman–Crippen LogP) is 1.52. The highest BCUT2D eigenvalue weighted by Gasteiger charge is 2.43. The number of amides is 2. The Morgan fingerprint density at radius 2 is 1.71 bits per heavy atom. The van der Waals surface area contributed by atoms with Crippen molar-refractivity contribution in [1.29, 1.82) is 0 Å². The van der Waals surface area contributed by atoms with Crippen molar-refractivity contribution in [1.82, 2.24) is 10.2 Å². The third-order valence-electron chi connectivity index (χ3n) is 5.23. The minimum Gasteiger partial charge on any atom is -0.354 e. The average Bonchev–Trinajstić information content (AvgIpc) is 2.96. The second-order valence-electron chi connectivity index (χ2n) is 6.56. The molecule has 21 heavy (non-hydrogen) atoms. The highest BCUT2D eigenvalue weighted by atomic mass is 16.2. The Bertz CT molecular complexity index is 361. The number of nitrogens with one attached hydrogen (secondary N) is 1. The van der Waals surface area contributed by atoms with Crippen LogP contribution in [0.15, 0.2) is 0 Å². The van der Waals surface area contributed by atoms with E-state index in [0.29, 0.717) is 13.1 Å². The van der Waals surface area contributed by atoms with Crippen molar-refractivity contribution in [3.8, 4) is 0 Å². The molecule has 0 aromatic rings. The molecule has 0 aliphatic heterocycles. The van der Waals surface area contributed by atoms with E-state index in [2.05, 4.69) is 5.32 Å². The lowest BCUT2D eigenvalue weighted by Gasteiger charge is -2.34. The van der Waals surface area contributed by atoms with E-state index < -0.39 is 10.8 Å². The fraction of sp³-hybridized carbons (Fsp3) is 0.875. The van der Waals surface area contributed by atoms with Crippen LogP contribution in [0.2, 0.25) is 0 Å². The molecule has 0 saturated heterocycles. The molecule has 0 heterocycles. The summed E-state index contributed by atoms with van der Waals surface area (Å²) in [5.41, 5.74) is 4.90. The molecule has 0 unspecified atom stereocenters. The molecule has 0 atom stereocenters. The highest BCUT2D eigenvalue weighted by molar-refractivity contribution is 5.86. The first kappa shape index (κ1) is 18.0. The van der Waals surface area contributed by atoms with E-state index in [-0.39, 0.29) is 11.8 Å². The van der Waals surface area contributed by atoms with Crippen LogP contribution in [0.25, 0.3) is 0 Å². The Morgan fingerprint density at radius 1 is 1.19 bits per heavy atom. The molecular formula is C16H31N3O2. The molecule has 0 aromatic heterocycles. The van der Waals surface area contributed by atoms with Crippen molar-refractivity contribution in [3.63, 3.8) is 0 Å². The van der Waals surface area contributed by atoms with Gasteiger partial charge < -0.3 is 16.0 Å². The van der Waals surface area contributed by atoms with Crippen molar-refractivity contribution in [2.45, 2.75) is 52.4 Å². The second-order valence-corrected chi connectivity index (χ2v) is 6.56. The SMILES string of the molecule is CCC(CC)(CN)C(=O)NCC1(C(=O)N(C)C)CCCC1. The van der Waals surface area contributed by atoms with Gasteiger partial charge in [0, 0.05) is 27.2 Å². The van der Waals surface area contributed by atoms with Crippen LogP contribution in [0, 0.1) is 10.8 Å². The molecule has 1 rings (SSSR count). The largest absolute Gasteiger partial charge is 0.354 e. The summed E-state index contributed by atoms with van der Waals surface area (Å²) >= 11 is 0. The topological polar surface area (TPSA) is 75.4 Å². The van der Waals surface area contributed by atoms with E-state index in [1.165, 1.54) is 0 Å². The monoisotopic (exact) mass is 297 g/mol. The number of hydrogen-bond acceptors (Lipinski definition) is 3. The zero-order valence-electron chi connectivity index (χ0n) is 14.0. The molecule has 5 nitrogen and oxygen atoms in total. The number of nitrogens with two attached hydrogens (primary N) is 1. The summed E-state index contributed by atoms with van der Waals surface area (Å²) in [4.78, 5) is 26.7. The van der Waals surface area contributed by atoms with Crippen molar-refractivity contribution < 1.29 is 9.59 Å². The Kier molecular flexibility index (Phi) is 6.20. The van der Waals surface area contributed by atoms with E-state index in [0.717, 1.165) is 38.5 Å². The molecule has 1 aliphatic rings. The fourth-order valence-electron chi connectivity index (χ4n) is 3.38. The van der Waals surface area contributed by atoms with E-state index in [1.54, 1.807) is 19.0 Å². The molecule has 122 valence electrons. The van der Waals surface area contributed by atoms with Gasteiger partial charge in [0.05, 0.1) is 10.8 Å². The number of carbonyl (C=O) groups is 2. The normalized spacial score (nSPS) is 17.6. The van der Waals surface area contributed by atoms with Gasteiger partial charge in [0.25, 0.3) is 0 Å². The van der Waals surface area contributed by atoms with E-state index in [1.807, 2.05) is 13.8 Å². The number of carbonyl (C=O) groups excluding carboxylic acids is 2. The Balaban J connectivity index is 2.79. The quantitative estimate of drug-likeness (QED) is 0.748. The summed E-state index contributed by atoms with van der Waals surface area (Å²) in [5, 5.41) is 3.03. The summed E-state index contributed by atoms with van der Waals surface area (Å²) in [5.74, 6) is 0.125. The highest BCUT2D eigenvalue weighted by Crippen LogP contribution is 2.39. The van der Waals surface area contributed by atoms with Gasteiger partial charge in [-0.05, 0) is 25.7 Å². The molecule has 0 spiro atoms. The van der Waals surface area contributed by atoms with Crippen molar-refractivity contribution >= 4 is 11.8 Å². The molecule has 0 radical (unpaired) electrons. The molecule has 1 aliphatic carbocycles. The van der Waals surface area contributed by atoms with Gasteiger partial charge in [-0.1, -0.05) is 26.7 Å². The van der Waals surface area contributed by atoms with Gasteiger partial charge in [0.15, 0.2) is 0 Å². The van der Waals surface area contributed by atoms with Crippen LogP contribution in [-0.4, -0.2) is 43.9 Å². The van der Waals surface area contributed by atoms with Crippen molar-refractivity contribution in [3.05, 3.63) is 0 Å². The van der Waals surface area contributed by atoms with Crippen molar-refractivity contribution in [2.24, 2.45) is 16.6 Å². The summed E-state index contributed by atoms with van der Waals surface area (Å²) in [6.45, 7) is 4.77. The zero-order valence-corrected chi connectivity index (χ0v) is 14.0. The van der Waals surface area contributed by atoms with Crippen LogP contribution in [0.3, 0.4) is 0 Å². The minimum atomic E-state index is -0.499. The Hall–Kier alpha value is -1.10. The van der Waals surface area contributed by atoms with Gasteiger partial charge in [-0.25, -0.2) is 0 Å². The first-order valence-corrected chi connectivity index (χ1v) is 8.07. The molecule has 0 bridgehead atoms. The number of hydrogen-bond donors (Lipinski definition) is 2. The maximum absolute atomic E-state index is 12.5. The van der Waals surface area contributed by atoms with Crippen LogP contribution in [-0.2, 0) is 9.59 Å². The number of nitrogens with zero attached hydrogens (tertiary/aromatic N) is 1. The van der Waals surface area contributed by atoms with Crippen LogP contribution in [0.1, 0.15) is 52.4 Å². The van der Waals surface area contributed by atoms with Gasteiger partial charge in [0.1, 0.15) is 0 Å². The van der Waals surface area contributed by atoms with Gasteiger partial charge in [-0.15, -0.1) is 0 Å². The third kappa shape index (κ3) is 3.57. The molecule has 2 amide bonds. The summed E-state index contributed by atoms with van der Waals surface area (Å²) in [6.07, 6.45) is 5.27. The van der Waals surface area contributed by atoms with Gasteiger partial charge in [-0.2, -0.15) is 0 Å². The van der Waals surface area contributed by atoms with Crippen molar-refractivity contribution in [2.75, 3.05) is 27.2 Å². The van der Waals surface area contributed by atoms with Gasteiger partial charge >= 0.3 is 0 Å². The first-order chi connectivity index (χ1) is 9.87. The van der Waals surface area contributed by atoms with E-state index in [4.69, 9.17) is 5.73 Å². The lowest BCUT2D eigenvalue weighted by atomic mass is 9.80. The Morgan fingerprint density at radius 3 is 2.10 bits per heavy atom. The first-order valence-electron chi connectivity index (χ1n) is 8.07. The lowest BCUT2D eigenvalue weighted by molar-refractivity contribution is -0.140. The molecule has 3 N–H and O–H groups in total. The molecular weight excluding hydrogens is 266 g/mol. The molecule has 5 heteroatoms. The average molecular weight is 297 g/mol. The van der Waals surface area contributed by atoms with E-state index in [9.17, 15) is 9.59 Å². The van der Waals surface area contributed by atoms with Crippen LogP contribution >= 0.6 is 0 Å². The van der Waals surface area contributed by atoms with Gasteiger partial charge in [-0.3, -0.25) is 9.59 Å². The lowest BCUT2D eigenvalue weighted by Crippen LogP contribution is -2.51. The minimum absolute atomic E-state index is 0.00664.